The first-order chi connectivity index (χ1) is 64.8. The zero-order chi connectivity index (χ0) is 96.2. The normalized spacial score (nSPS) is 19.8. The summed E-state index contributed by atoms with van der Waals surface area (Å²) in [6.07, 6.45) is 14.7. The number of alkyl halides is 3. The average molecular weight is 1960 g/mol. The van der Waals surface area contributed by atoms with Gasteiger partial charge in [-0.15, -0.1) is 0 Å². The molecule has 137 heavy (non-hydrogen) atoms. The number of halogens is 4. The van der Waals surface area contributed by atoms with Crippen molar-refractivity contribution < 1.29 is 66.0 Å². The molecule has 4 atom stereocenters. The number of sulfonamides is 4. The number of carbonyl (C=O) groups excluding carboxylic acids is 4. The number of hydrogen-bond donors (Lipinski definition) is 4. The van der Waals surface area contributed by atoms with Gasteiger partial charge in [0.25, 0.3) is 63.7 Å². The van der Waals surface area contributed by atoms with Crippen molar-refractivity contribution >= 4 is 75.3 Å². The molecule has 8 aliphatic rings. The Hall–Kier alpha value is -11.8. The lowest BCUT2D eigenvalue weighted by Gasteiger charge is -2.43. The standard InChI is InChI=1S/C25H27ClN4O3S.C25H25F3N4O3S.2C25H28N4O3S.CH4/c1-17-7-8-19(13-21(17)26)24(31)28-22-14-18-5-3-4-6-20(18)25(22)9-11-30(12-10-25)34(32,33)23-15-29(2)16-27-23;1-31-15-22(29-16-31)36(34,35)32-12-10-24(11-13-32)19-8-4-2-6-17(19)14-21(24)30-23(33)18-7-3-5-9-20(18)25(26,27)28;1-18-6-5-8-20(14-18)24(30)27-22-15-19-7-3-4-9-21(19)25(22)10-12-29(13-11-25)33(31,32)23-16-28(2)17-26-23;1-18-7-9-19(10-8-18)24(30)27-22-15-20-5-3-4-6-21(20)25(22)11-13-29(14-12-25)33(31,32)23-16-28(2)17-26-23;/h3-8,13,15-16,22H,9-12,14H2,1-2H3,(H,28,31);2-9,15-16,21H,10-14H2,1H3,(H,30,33);3-9,14,16-17,22H,10-13,15H2,1-2H3,(H,27,30);3-10,16-17,22H,11-15H2,1-2H3,(H,27,30);1H4. The number of hydrogen-bond acceptors (Lipinski definition) is 16. The molecule has 4 amide bonds. The number of benzene rings is 8. The van der Waals surface area contributed by atoms with E-state index < -0.39 is 74.8 Å². The summed E-state index contributed by atoms with van der Waals surface area (Å²) >= 11 is 6.25. The topological polar surface area (TPSA) is 337 Å². The van der Waals surface area contributed by atoms with Crippen molar-refractivity contribution in [1.82, 2.24) is 76.7 Å². The van der Waals surface area contributed by atoms with Crippen molar-refractivity contribution in [1.29, 1.82) is 0 Å². The summed E-state index contributed by atoms with van der Waals surface area (Å²) in [5.41, 5.74) is 11.3. The Labute approximate surface area is 802 Å². The van der Waals surface area contributed by atoms with Gasteiger partial charge >= 0.3 is 6.18 Å². The quantitative estimate of drug-likeness (QED) is 0.0698. The second-order valence-corrected chi connectivity index (χ2v) is 45.0. The highest BCUT2D eigenvalue weighted by Gasteiger charge is 2.56. The van der Waals surface area contributed by atoms with Crippen molar-refractivity contribution in [2.45, 2.75) is 177 Å². The summed E-state index contributed by atoms with van der Waals surface area (Å²) < 4.78 is 158. The van der Waals surface area contributed by atoms with E-state index in [9.17, 15) is 66.0 Å². The van der Waals surface area contributed by atoms with Gasteiger partial charge in [-0.25, -0.2) is 53.6 Å². The molecule has 4 aliphatic heterocycles. The van der Waals surface area contributed by atoms with Gasteiger partial charge in [0, 0.05) is 173 Å². The van der Waals surface area contributed by atoms with Crippen LogP contribution in [0.1, 0.15) is 167 Å². The predicted octanol–water partition coefficient (Wildman–Crippen LogP) is 13.2. The molecular weight excluding hydrogens is 1850 g/mol. The first-order valence-electron chi connectivity index (χ1n) is 45.4. The largest absolute Gasteiger partial charge is 0.417 e. The van der Waals surface area contributed by atoms with Crippen LogP contribution in [0.3, 0.4) is 0 Å². The first kappa shape index (κ1) is 98.3. The third kappa shape index (κ3) is 19.3. The fraction of sp³-hybridized carbons (Fsp3) is 0.366. The molecule has 4 unspecified atom stereocenters. The predicted molar refractivity (Wildman–Crippen MR) is 514 cm³/mol. The van der Waals surface area contributed by atoms with Gasteiger partial charge in [-0.05, 0) is 196 Å². The minimum absolute atomic E-state index is 0. The Kier molecular flexibility index (Phi) is 27.9. The average Bonchev–Trinajstić information content (AvgIpc) is 1.56. The van der Waals surface area contributed by atoms with Gasteiger partial charge in [0.15, 0.2) is 20.1 Å². The Morgan fingerprint density at radius 3 is 0.934 bits per heavy atom. The third-order valence-electron chi connectivity index (χ3n) is 28.9. The molecule has 0 saturated carbocycles. The number of rotatable bonds is 16. The van der Waals surface area contributed by atoms with Crippen LogP contribution in [0.4, 0.5) is 13.2 Å². The molecule has 4 aromatic heterocycles. The Balaban J connectivity index is 0.000000132. The van der Waals surface area contributed by atoms with E-state index in [1.807, 2.05) is 136 Å². The molecule has 8 heterocycles. The number of piperidine rings is 4. The molecule has 4 saturated heterocycles. The van der Waals surface area contributed by atoms with Crippen LogP contribution >= 0.6 is 11.6 Å². The molecule has 720 valence electrons. The van der Waals surface area contributed by atoms with E-state index >= 15 is 0 Å². The monoisotopic (exact) mass is 1960 g/mol. The van der Waals surface area contributed by atoms with Gasteiger partial charge in [0.2, 0.25) is 0 Å². The van der Waals surface area contributed by atoms with Crippen LogP contribution in [-0.2, 0) is 122 Å². The molecule has 36 heteroatoms. The van der Waals surface area contributed by atoms with E-state index in [-0.39, 0.29) is 92.7 Å². The highest BCUT2D eigenvalue weighted by Crippen LogP contribution is 2.52. The van der Waals surface area contributed by atoms with E-state index in [4.69, 9.17) is 11.6 Å². The number of nitrogens with one attached hydrogen (secondary N) is 4. The Bertz CT molecular complexity index is 7040. The fourth-order valence-corrected chi connectivity index (χ4v) is 27.4. The second kappa shape index (κ2) is 38.9. The molecular formula is C101H112ClF3N16O12S4. The van der Waals surface area contributed by atoms with Gasteiger partial charge in [0.1, 0.15) is 0 Å². The van der Waals surface area contributed by atoms with Gasteiger partial charge in [-0.2, -0.15) is 30.4 Å². The first-order valence-corrected chi connectivity index (χ1v) is 51.5. The lowest BCUT2D eigenvalue weighted by atomic mass is 9.71. The molecule has 28 nitrogen and oxygen atoms in total. The number of amides is 4. The molecule has 8 aromatic carbocycles. The maximum Gasteiger partial charge on any atom is 0.417 e. The van der Waals surface area contributed by atoms with Crippen LogP contribution in [0.2, 0.25) is 5.02 Å². The van der Waals surface area contributed by atoms with Crippen LogP contribution < -0.4 is 21.3 Å². The van der Waals surface area contributed by atoms with Crippen LogP contribution in [-0.4, -0.2) is 189 Å². The molecule has 4 fully saturated rings. The minimum atomic E-state index is -4.66. The number of imidazole rings is 4. The number of carbonyl (C=O) groups is 4. The molecule has 4 N–H and O–H groups in total. The maximum atomic E-state index is 13.5. The Morgan fingerprint density at radius 1 is 0.350 bits per heavy atom. The maximum absolute atomic E-state index is 13.5. The van der Waals surface area contributed by atoms with Gasteiger partial charge in [-0.3, -0.25) is 19.2 Å². The van der Waals surface area contributed by atoms with Crippen molar-refractivity contribution in [3.8, 4) is 0 Å². The van der Waals surface area contributed by atoms with Crippen molar-refractivity contribution in [2.75, 3.05) is 52.4 Å². The van der Waals surface area contributed by atoms with Gasteiger partial charge in [0.05, 0.1) is 36.4 Å². The summed E-state index contributed by atoms with van der Waals surface area (Å²) in [7, 11) is -7.76. The molecule has 0 radical (unpaired) electrons. The summed E-state index contributed by atoms with van der Waals surface area (Å²) in [6, 6.07) is 57.0. The summed E-state index contributed by atoms with van der Waals surface area (Å²) in [5, 5.41) is 13.5. The SMILES string of the molecule is C.Cc1ccc(C(=O)NC2Cc3ccccc3C23CCN(S(=O)(=O)c2cn(C)cn2)CC3)cc1.Cc1ccc(C(=O)NC2Cc3ccccc3C23CCN(S(=O)(=O)c2cn(C)cn2)CC3)cc1Cl.Cc1cccc(C(=O)NC2Cc3ccccc3C23CCN(S(=O)(=O)c2cn(C)cn2)CC3)c1.Cn1cnc(S(=O)(=O)N2CCC3(CC2)c2ccccc2CC3NC(=O)c2ccccc2C(F)(F)F)c1. The van der Waals surface area contributed by atoms with E-state index in [0.29, 0.717) is 125 Å². The zero-order valence-corrected chi connectivity index (χ0v) is 80.4. The molecule has 12 aromatic rings. The second-order valence-electron chi connectivity index (χ2n) is 37.0. The summed E-state index contributed by atoms with van der Waals surface area (Å²) in [4.78, 5) is 68.6. The number of nitrogens with zero attached hydrogens (tertiary/aromatic N) is 12. The third-order valence-corrected chi connectivity index (χ3v) is 36.5. The van der Waals surface area contributed by atoms with E-state index in [0.717, 1.165) is 46.7 Å². The molecule has 20 rings (SSSR count). The molecule has 4 aliphatic carbocycles. The number of aromatic nitrogens is 8. The van der Waals surface area contributed by atoms with E-state index in [1.54, 1.807) is 58.6 Å². The van der Waals surface area contributed by atoms with Crippen molar-refractivity contribution in [3.63, 3.8) is 0 Å². The van der Waals surface area contributed by atoms with Crippen LogP contribution in [0.5, 0.6) is 0 Å². The van der Waals surface area contributed by atoms with Gasteiger partial charge in [-0.1, -0.05) is 170 Å². The van der Waals surface area contributed by atoms with E-state index in [2.05, 4.69) is 77.6 Å². The fourth-order valence-electron chi connectivity index (χ4n) is 21.6. The smallest absolute Gasteiger partial charge is 0.348 e. The summed E-state index contributed by atoms with van der Waals surface area (Å²) in [6.45, 7) is 8.60. The van der Waals surface area contributed by atoms with Crippen LogP contribution in [0.25, 0.3) is 0 Å². The highest BCUT2D eigenvalue weighted by molar-refractivity contribution is 7.90. The highest BCUT2D eigenvalue weighted by atomic mass is 35.5. The Morgan fingerprint density at radius 2 is 0.635 bits per heavy atom. The molecule has 0 bridgehead atoms. The van der Waals surface area contributed by atoms with Gasteiger partial charge < -0.3 is 39.5 Å². The van der Waals surface area contributed by atoms with Crippen molar-refractivity contribution in [3.05, 3.63) is 332 Å². The number of aryl methyl sites for hydroxylation is 7. The zero-order valence-electron chi connectivity index (χ0n) is 76.4. The van der Waals surface area contributed by atoms with E-state index in [1.165, 1.54) is 119 Å². The number of fused-ring (bicyclic) bond motifs is 8. The van der Waals surface area contributed by atoms with Crippen molar-refractivity contribution in [2.24, 2.45) is 28.2 Å². The minimum Gasteiger partial charge on any atom is -0.348 e. The lowest BCUT2D eigenvalue weighted by Crippen LogP contribution is -2.54. The van der Waals surface area contributed by atoms with Crippen LogP contribution in [0.15, 0.2) is 258 Å². The molecule has 4 spiro atoms. The lowest BCUT2D eigenvalue weighted by molar-refractivity contribution is -0.138. The van der Waals surface area contributed by atoms with Crippen LogP contribution in [0, 0.1) is 20.8 Å². The summed E-state index contributed by atoms with van der Waals surface area (Å²) in [5.74, 6) is -1.12.